The fraction of sp³-hybridized carbons (Fsp3) is 0.273. The van der Waals surface area contributed by atoms with Gasteiger partial charge in [-0.3, -0.25) is 9.48 Å². The van der Waals surface area contributed by atoms with Crippen molar-refractivity contribution in [1.29, 1.82) is 0 Å². The number of thiophene rings is 1. The van der Waals surface area contributed by atoms with Gasteiger partial charge in [0.2, 0.25) is 0 Å². The first-order valence-corrected chi connectivity index (χ1v) is 6.68. The van der Waals surface area contributed by atoms with E-state index in [-0.39, 0.29) is 5.78 Å². The van der Waals surface area contributed by atoms with Gasteiger partial charge in [-0.05, 0) is 28.1 Å². The third-order valence-electron chi connectivity index (χ3n) is 2.41. The van der Waals surface area contributed by atoms with Crippen LogP contribution in [0.1, 0.15) is 16.5 Å². The van der Waals surface area contributed by atoms with Crippen molar-refractivity contribution in [2.24, 2.45) is 12.8 Å². The SMILES string of the molecule is Cn1cc(C(N)C(=O)Cc2ccc(Br)s2)cn1. The summed E-state index contributed by atoms with van der Waals surface area (Å²) in [7, 11) is 1.80. The standard InChI is InChI=1S/C11H12BrN3OS/c1-15-6-7(5-14-15)11(13)9(16)4-8-2-3-10(12)17-8/h2-3,5-6,11H,4,13H2,1H3. The summed E-state index contributed by atoms with van der Waals surface area (Å²) in [5.74, 6) is 0.00681. The number of carbonyl (C=O) groups excluding carboxylic acids is 1. The van der Waals surface area contributed by atoms with Gasteiger partial charge in [0, 0.05) is 30.1 Å². The van der Waals surface area contributed by atoms with Gasteiger partial charge in [-0.1, -0.05) is 0 Å². The van der Waals surface area contributed by atoms with E-state index in [0.717, 1.165) is 14.2 Å². The summed E-state index contributed by atoms with van der Waals surface area (Å²) in [6.07, 6.45) is 3.77. The molecule has 1 unspecified atom stereocenters. The Hall–Kier alpha value is -0.980. The van der Waals surface area contributed by atoms with Gasteiger partial charge in [0.05, 0.1) is 16.0 Å². The zero-order chi connectivity index (χ0) is 12.4. The zero-order valence-corrected chi connectivity index (χ0v) is 11.7. The fourth-order valence-corrected chi connectivity index (χ4v) is 3.01. The van der Waals surface area contributed by atoms with Crippen LogP contribution in [-0.4, -0.2) is 15.6 Å². The molecular weight excluding hydrogens is 302 g/mol. The maximum atomic E-state index is 12.0. The average Bonchev–Trinajstić information content (AvgIpc) is 2.87. The van der Waals surface area contributed by atoms with Crippen LogP contribution in [0.3, 0.4) is 0 Å². The molecule has 0 bridgehead atoms. The van der Waals surface area contributed by atoms with Crippen LogP contribution in [0.15, 0.2) is 28.3 Å². The van der Waals surface area contributed by atoms with E-state index >= 15 is 0 Å². The van der Waals surface area contributed by atoms with Crippen LogP contribution in [0, 0.1) is 0 Å². The topological polar surface area (TPSA) is 60.9 Å². The quantitative estimate of drug-likeness (QED) is 0.939. The smallest absolute Gasteiger partial charge is 0.159 e. The third kappa shape index (κ3) is 3.02. The van der Waals surface area contributed by atoms with Gasteiger partial charge in [-0.2, -0.15) is 5.10 Å². The highest BCUT2D eigenvalue weighted by Gasteiger charge is 2.18. The molecule has 0 amide bonds. The minimum absolute atomic E-state index is 0.00681. The molecule has 0 saturated carbocycles. The molecular formula is C11H12BrN3OS. The summed E-state index contributed by atoms with van der Waals surface area (Å²) in [4.78, 5) is 13.0. The van der Waals surface area contributed by atoms with Crippen molar-refractivity contribution in [3.05, 3.63) is 38.8 Å². The van der Waals surface area contributed by atoms with Crippen molar-refractivity contribution in [3.8, 4) is 0 Å². The second kappa shape index (κ2) is 5.12. The second-order valence-electron chi connectivity index (χ2n) is 3.77. The lowest BCUT2D eigenvalue weighted by molar-refractivity contribution is -0.119. The normalized spacial score (nSPS) is 12.6. The molecule has 90 valence electrons. The van der Waals surface area contributed by atoms with Gasteiger partial charge in [-0.15, -0.1) is 11.3 Å². The van der Waals surface area contributed by atoms with E-state index < -0.39 is 6.04 Å². The van der Waals surface area contributed by atoms with Crippen LogP contribution < -0.4 is 5.73 Å². The minimum atomic E-state index is -0.593. The first kappa shape index (κ1) is 12.5. The molecule has 0 saturated heterocycles. The van der Waals surface area contributed by atoms with Gasteiger partial charge in [0.25, 0.3) is 0 Å². The van der Waals surface area contributed by atoms with Crippen LogP contribution in [0.2, 0.25) is 0 Å². The molecule has 0 aliphatic carbocycles. The Morgan fingerprint density at radius 2 is 2.41 bits per heavy atom. The average molecular weight is 314 g/mol. The Morgan fingerprint density at radius 1 is 1.65 bits per heavy atom. The van der Waals surface area contributed by atoms with Gasteiger partial charge < -0.3 is 5.73 Å². The van der Waals surface area contributed by atoms with Gasteiger partial charge in [-0.25, -0.2) is 0 Å². The monoisotopic (exact) mass is 313 g/mol. The first-order chi connectivity index (χ1) is 8.06. The van der Waals surface area contributed by atoms with E-state index in [1.54, 1.807) is 35.5 Å². The van der Waals surface area contributed by atoms with Crippen LogP contribution in [-0.2, 0) is 18.3 Å². The van der Waals surface area contributed by atoms with Crippen molar-refractivity contribution < 1.29 is 4.79 Å². The van der Waals surface area contributed by atoms with Gasteiger partial charge in [0.15, 0.2) is 5.78 Å². The number of halogens is 1. The van der Waals surface area contributed by atoms with E-state index in [2.05, 4.69) is 21.0 Å². The van der Waals surface area contributed by atoms with Crippen molar-refractivity contribution in [2.75, 3.05) is 0 Å². The summed E-state index contributed by atoms with van der Waals surface area (Å²) < 4.78 is 2.67. The molecule has 0 radical (unpaired) electrons. The molecule has 0 aromatic carbocycles. The maximum Gasteiger partial charge on any atom is 0.159 e. The Morgan fingerprint density at radius 3 is 2.94 bits per heavy atom. The molecule has 2 aromatic heterocycles. The van der Waals surface area contributed by atoms with Crippen LogP contribution >= 0.6 is 27.3 Å². The molecule has 2 heterocycles. The summed E-state index contributed by atoms with van der Waals surface area (Å²) in [5, 5.41) is 4.01. The number of aromatic nitrogens is 2. The largest absolute Gasteiger partial charge is 0.318 e. The van der Waals surface area contributed by atoms with Crippen molar-refractivity contribution in [2.45, 2.75) is 12.5 Å². The molecule has 0 aliphatic heterocycles. The summed E-state index contributed by atoms with van der Waals surface area (Å²) in [6, 6.07) is 3.27. The van der Waals surface area contributed by atoms with Crippen LogP contribution in [0.5, 0.6) is 0 Å². The maximum absolute atomic E-state index is 12.0. The molecule has 0 aliphatic rings. The van der Waals surface area contributed by atoms with E-state index in [4.69, 9.17) is 5.73 Å². The minimum Gasteiger partial charge on any atom is -0.318 e. The van der Waals surface area contributed by atoms with Gasteiger partial charge in [0.1, 0.15) is 0 Å². The predicted octanol–water partition coefficient (Wildman–Crippen LogP) is 2.06. The van der Waals surface area contributed by atoms with Crippen LogP contribution in [0.25, 0.3) is 0 Å². The lowest BCUT2D eigenvalue weighted by Crippen LogP contribution is -2.22. The number of nitrogens with two attached hydrogens (primary N) is 1. The van der Waals surface area contributed by atoms with E-state index in [1.807, 2.05) is 12.1 Å². The second-order valence-corrected chi connectivity index (χ2v) is 6.32. The van der Waals surface area contributed by atoms with Crippen molar-refractivity contribution in [1.82, 2.24) is 9.78 Å². The predicted molar refractivity (Wildman–Crippen MR) is 70.9 cm³/mol. The Kier molecular flexibility index (Phi) is 3.76. The number of hydrogen-bond acceptors (Lipinski definition) is 4. The lowest BCUT2D eigenvalue weighted by atomic mass is 10.0. The van der Waals surface area contributed by atoms with Crippen LogP contribution in [0.4, 0.5) is 0 Å². The van der Waals surface area contributed by atoms with Crippen molar-refractivity contribution in [3.63, 3.8) is 0 Å². The van der Waals surface area contributed by atoms with E-state index in [9.17, 15) is 4.79 Å². The molecule has 0 fully saturated rings. The zero-order valence-electron chi connectivity index (χ0n) is 9.26. The number of aryl methyl sites for hydroxylation is 1. The molecule has 1 atom stereocenters. The summed E-state index contributed by atoms with van der Waals surface area (Å²) >= 11 is 4.92. The first-order valence-electron chi connectivity index (χ1n) is 5.07. The Labute approximate surface area is 112 Å². The number of rotatable bonds is 4. The summed E-state index contributed by atoms with van der Waals surface area (Å²) in [6.45, 7) is 0. The molecule has 4 nitrogen and oxygen atoms in total. The number of hydrogen-bond donors (Lipinski definition) is 1. The molecule has 2 rings (SSSR count). The van der Waals surface area contributed by atoms with E-state index in [0.29, 0.717) is 6.42 Å². The highest BCUT2D eigenvalue weighted by Crippen LogP contribution is 2.24. The molecule has 6 heteroatoms. The highest BCUT2D eigenvalue weighted by atomic mass is 79.9. The Balaban J connectivity index is 2.05. The molecule has 0 spiro atoms. The van der Waals surface area contributed by atoms with Gasteiger partial charge >= 0.3 is 0 Å². The summed E-state index contributed by atoms with van der Waals surface area (Å²) in [5.41, 5.74) is 6.65. The van der Waals surface area contributed by atoms with Crippen molar-refractivity contribution >= 4 is 33.0 Å². The number of Topliss-reactive ketones (excluding diaryl/α,β-unsaturated/α-hetero) is 1. The number of carbonyl (C=O) groups is 1. The molecule has 17 heavy (non-hydrogen) atoms. The molecule has 2 N–H and O–H groups in total. The highest BCUT2D eigenvalue weighted by molar-refractivity contribution is 9.11. The number of nitrogens with zero attached hydrogens (tertiary/aromatic N) is 2. The Bertz CT molecular complexity index is 534. The number of ketones is 1. The third-order valence-corrected chi connectivity index (χ3v) is 4.03. The lowest BCUT2D eigenvalue weighted by Gasteiger charge is -2.06. The fourth-order valence-electron chi connectivity index (χ4n) is 1.52. The van der Waals surface area contributed by atoms with E-state index in [1.165, 1.54) is 0 Å². The molecule has 2 aromatic rings.